The number of fused-ring (bicyclic) bond motifs is 3. The number of hydrogen-bond donors (Lipinski definition) is 0. The van der Waals surface area contributed by atoms with E-state index in [1.54, 1.807) is 28.0 Å². The summed E-state index contributed by atoms with van der Waals surface area (Å²) in [5.41, 5.74) is 4.77. The van der Waals surface area contributed by atoms with Crippen LogP contribution < -0.4 is 4.90 Å². The first-order valence-corrected chi connectivity index (χ1v) is 12.1. The SMILES string of the molecule is Cc1ccccc1C(=O)N(CC(=O)N1c2ccccc2-n2cccc2C1c1ccc(F)cc1)C(C)C. The zero-order chi connectivity index (χ0) is 25.4. The molecule has 0 bridgehead atoms. The molecule has 0 fully saturated rings. The van der Waals surface area contributed by atoms with Crippen LogP contribution in [0.3, 0.4) is 0 Å². The summed E-state index contributed by atoms with van der Waals surface area (Å²) in [6, 6.07) is 24.6. The predicted molar refractivity (Wildman–Crippen MR) is 139 cm³/mol. The fourth-order valence-corrected chi connectivity index (χ4v) is 4.90. The zero-order valence-corrected chi connectivity index (χ0v) is 20.6. The minimum atomic E-state index is -0.467. The molecule has 3 aromatic carbocycles. The molecule has 182 valence electrons. The molecule has 1 aliphatic rings. The second-order valence-corrected chi connectivity index (χ2v) is 9.35. The number of hydrogen-bond acceptors (Lipinski definition) is 2. The van der Waals surface area contributed by atoms with Crippen molar-refractivity contribution >= 4 is 17.5 Å². The number of para-hydroxylation sites is 2. The van der Waals surface area contributed by atoms with Gasteiger partial charge in [-0.25, -0.2) is 4.39 Å². The van der Waals surface area contributed by atoms with Gasteiger partial charge in [0, 0.05) is 17.8 Å². The molecule has 6 heteroatoms. The first-order valence-electron chi connectivity index (χ1n) is 12.1. The maximum Gasteiger partial charge on any atom is 0.254 e. The van der Waals surface area contributed by atoms with Crippen molar-refractivity contribution in [3.8, 4) is 5.69 Å². The van der Waals surface area contributed by atoms with Crippen LogP contribution in [0.2, 0.25) is 0 Å². The fourth-order valence-electron chi connectivity index (χ4n) is 4.90. The number of aromatic nitrogens is 1. The Morgan fingerprint density at radius 1 is 0.889 bits per heavy atom. The lowest BCUT2D eigenvalue weighted by Gasteiger charge is -2.40. The third kappa shape index (κ3) is 4.09. The van der Waals surface area contributed by atoms with Crippen LogP contribution in [-0.2, 0) is 4.79 Å². The van der Waals surface area contributed by atoms with E-state index in [9.17, 15) is 14.0 Å². The van der Waals surface area contributed by atoms with E-state index in [1.807, 2.05) is 81.6 Å². The monoisotopic (exact) mass is 481 g/mol. The standard InChI is InChI=1S/C30H28FN3O2/c1-20(2)33(30(36)24-10-5-4-9-21(24)3)19-28(35)34-26-12-7-6-11-25(26)32-18-8-13-27(32)29(34)22-14-16-23(31)17-15-22/h4-18,20,29H,19H2,1-3H3. The van der Waals surface area contributed by atoms with E-state index in [4.69, 9.17) is 0 Å². The van der Waals surface area contributed by atoms with Gasteiger partial charge in [0.1, 0.15) is 18.4 Å². The van der Waals surface area contributed by atoms with Crippen molar-refractivity contribution in [2.45, 2.75) is 32.9 Å². The van der Waals surface area contributed by atoms with Gasteiger partial charge in [-0.1, -0.05) is 42.5 Å². The van der Waals surface area contributed by atoms with Gasteiger partial charge >= 0.3 is 0 Å². The summed E-state index contributed by atoms with van der Waals surface area (Å²) in [5, 5.41) is 0. The van der Waals surface area contributed by atoms with Crippen molar-refractivity contribution in [3.63, 3.8) is 0 Å². The molecule has 2 amide bonds. The molecule has 0 N–H and O–H groups in total. The molecule has 2 heterocycles. The molecule has 0 radical (unpaired) electrons. The van der Waals surface area contributed by atoms with E-state index in [0.717, 1.165) is 28.2 Å². The lowest BCUT2D eigenvalue weighted by Crippen LogP contribution is -2.48. The molecule has 1 aromatic heterocycles. The van der Waals surface area contributed by atoms with Crippen molar-refractivity contribution in [1.82, 2.24) is 9.47 Å². The highest BCUT2D eigenvalue weighted by molar-refractivity contribution is 6.03. The van der Waals surface area contributed by atoms with Gasteiger partial charge in [-0.2, -0.15) is 0 Å². The second-order valence-electron chi connectivity index (χ2n) is 9.35. The maximum atomic E-state index is 14.1. The molecular formula is C30H28FN3O2. The van der Waals surface area contributed by atoms with E-state index in [0.29, 0.717) is 5.56 Å². The van der Waals surface area contributed by atoms with E-state index >= 15 is 0 Å². The van der Waals surface area contributed by atoms with Crippen LogP contribution in [0.4, 0.5) is 10.1 Å². The molecule has 36 heavy (non-hydrogen) atoms. The Balaban J connectivity index is 1.58. The quantitative estimate of drug-likeness (QED) is 0.356. The van der Waals surface area contributed by atoms with E-state index < -0.39 is 6.04 Å². The highest BCUT2D eigenvalue weighted by Crippen LogP contribution is 2.42. The van der Waals surface area contributed by atoms with Gasteiger partial charge in [0.25, 0.3) is 5.91 Å². The molecule has 0 spiro atoms. The number of carbonyl (C=O) groups excluding carboxylic acids is 2. The molecule has 1 unspecified atom stereocenters. The maximum absolute atomic E-state index is 14.1. The second kappa shape index (κ2) is 9.46. The van der Waals surface area contributed by atoms with Crippen LogP contribution in [0.5, 0.6) is 0 Å². The van der Waals surface area contributed by atoms with Crippen LogP contribution >= 0.6 is 0 Å². The topological polar surface area (TPSA) is 45.6 Å². The number of nitrogens with zero attached hydrogens (tertiary/aromatic N) is 3. The van der Waals surface area contributed by atoms with Crippen molar-refractivity contribution in [1.29, 1.82) is 0 Å². The lowest BCUT2D eigenvalue weighted by molar-refractivity contribution is -0.120. The van der Waals surface area contributed by atoms with Crippen LogP contribution in [0.15, 0.2) is 91.1 Å². The molecule has 1 atom stereocenters. The van der Waals surface area contributed by atoms with Gasteiger partial charge in [0.15, 0.2) is 0 Å². The van der Waals surface area contributed by atoms with Crippen LogP contribution in [-0.4, -0.2) is 33.9 Å². The van der Waals surface area contributed by atoms with Gasteiger partial charge < -0.3 is 9.47 Å². The first kappa shape index (κ1) is 23.5. The van der Waals surface area contributed by atoms with Crippen molar-refractivity contribution in [3.05, 3.63) is 119 Å². The Kier molecular flexibility index (Phi) is 6.18. The van der Waals surface area contributed by atoms with Crippen molar-refractivity contribution < 1.29 is 14.0 Å². The van der Waals surface area contributed by atoms with Crippen LogP contribution in [0, 0.1) is 12.7 Å². The van der Waals surface area contributed by atoms with E-state index in [-0.39, 0.29) is 30.2 Å². The van der Waals surface area contributed by atoms with Gasteiger partial charge in [0.2, 0.25) is 5.91 Å². The molecule has 0 saturated carbocycles. The Labute approximate surface area is 210 Å². The third-order valence-electron chi connectivity index (χ3n) is 6.74. The summed E-state index contributed by atoms with van der Waals surface area (Å²) in [4.78, 5) is 31.0. The Hall–Kier alpha value is -4.19. The number of rotatable bonds is 5. The molecule has 1 aliphatic heterocycles. The molecule has 5 rings (SSSR count). The summed E-state index contributed by atoms with van der Waals surface area (Å²) >= 11 is 0. The smallest absolute Gasteiger partial charge is 0.254 e. The minimum absolute atomic E-state index is 0.0857. The number of halogens is 1. The number of benzene rings is 3. The first-order chi connectivity index (χ1) is 17.4. The Morgan fingerprint density at radius 2 is 1.56 bits per heavy atom. The number of amides is 2. The lowest BCUT2D eigenvalue weighted by atomic mass is 9.97. The molecule has 5 nitrogen and oxygen atoms in total. The Morgan fingerprint density at radius 3 is 2.25 bits per heavy atom. The molecular weight excluding hydrogens is 453 g/mol. The summed E-state index contributed by atoms with van der Waals surface area (Å²) in [6.45, 7) is 5.64. The van der Waals surface area contributed by atoms with Gasteiger partial charge in [-0.3, -0.25) is 14.5 Å². The molecule has 4 aromatic rings. The minimum Gasteiger partial charge on any atom is -0.327 e. The number of aryl methyl sites for hydroxylation is 1. The largest absolute Gasteiger partial charge is 0.327 e. The zero-order valence-electron chi connectivity index (χ0n) is 20.6. The van der Waals surface area contributed by atoms with Gasteiger partial charge in [0.05, 0.1) is 17.1 Å². The number of carbonyl (C=O) groups is 2. The van der Waals surface area contributed by atoms with E-state index in [1.165, 1.54) is 12.1 Å². The fraction of sp³-hybridized carbons (Fsp3) is 0.200. The predicted octanol–water partition coefficient (Wildman–Crippen LogP) is 5.91. The van der Waals surface area contributed by atoms with Crippen LogP contribution in [0.25, 0.3) is 5.69 Å². The summed E-state index contributed by atoms with van der Waals surface area (Å²) in [7, 11) is 0. The average molecular weight is 482 g/mol. The summed E-state index contributed by atoms with van der Waals surface area (Å²) in [6.07, 6.45) is 1.97. The van der Waals surface area contributed by atoms with E-state index in [2.05, 4.69) is 4.57 Å². The van der Waals surface area contributed by atoms with Gasteiger partial charge in [-0.15, -0.1) is 0 Å². The summed E-state index contributed by atoms with van der Waals surface area (Å²) in [5.74, 6) is -0.721. The highest BCUT2D eigenvalue weighted by Gasteiger charge is 2.37. The van der Waals surface area contributed by atoms with Crippen molar-refractivity contribution in [2.75, 3.05) is 11.4 Å². The Bertz CT molecular complexity index is 1420. The summed E-state index contributed by atoms with van der Waals surface area (Å²) < 4.78 is 15.9. The third-order valence-corrected chi connectivity index (χ3v) is 6.74. The van der Waals surface area contributed by atoms with Crippen LogP contribution in [0.1, 0.15) is 47.1 Å². The van der Waals surface area contributed by atoms with Gasteiger partial charge in [-0.05, 0) is 74.4 Å². The average Bonchev–Trinajstić information content (AvgIpc) is 3.37. The number of anilines is 1. The normalized spacial score (nSPS) is 14.4. The highest BCUT2D eigenvalue weighted by atomic mass is 19.1. The molecule has 0 aliphatic carbocycles. The van der Waals surface area contributed by atoms with Crippen molar-refractivity contribution in [2.24, 2.45) is 0 Å². The molecule has 0 saturated heterocycles.